The molecule has 0 bridgehead atoms. The van der Waals surface area contributed by atoms with Gasteiger partial charge in [0.2, 0.25) is 0 Å². The number of benzene rings is 1. The molecule has 1 aromatic carbocycles. The molecule has 1 aliphatic rings. The molecule has 1 aromatic rings. The number of nitrogens with one attached hydrogen (secondary N) is 2. The van der Waals surface area contributed by atoms with Crippen LogP contribution in [0, 0.1) is 19.8 Å². The van der Waals surface area contributed by atoms with E-state index in [-0.39, 0.29) is 0 Å². The summed E-state index contributed by atoms with van der Waals surface area (Å²) in [5, 5.41) is 8.08. The Balaban J connectivity index is 1.95. The third kappa shape index (κ3) is 4.10. The molecule has 0 unspecified atom stereocenters. The third-order valence-corrected chi connectivity index (χ3v) is 4.54. The predicted octanol–water partition coefficient (Wildman–Crippen LogP) is 4.82. The topological polar surface area (TPSA) is 24.1 Å². The molecule has 4 heteroatoms. The lowest BCUT2D eigenvalue weighted by Crippen LogP contribution is -2.39. The van der Waals surface area contributed by atoms with Crippen molar-refractivity contribution in [3.05, 3.63) is 28.3 Å². The maximum Gasteiger partial charge on any atom is 0.171 e. The highest BCUT2D eigenvalue weighted by molar-refractivity contribution is 7.80. The van der Waals surface area contributed by atoms with Crippen LogP contribution < -0.4 is 10.6 Å². The van der Waals surface area contributed by atoms with Crippen LogP contribution in [0.2, 0.25) is 5.02 Å². The lowest BCUT2D eigenvalue weighted by atomic mass is 9.87. The van der Waals surface area contributed by atoms with Crippen LogP contribution in [0.1, 0.15) is 43.7 Å². The van der Waals surface area contributed by atoms with E-state index in [0.29, 0.717) is 11.2 Å². The number of thiocarbonyl (C=S) groups is 1. The lowest BCUT2D eigenvalue weighted by Gasteiger charge is -2.28. The van der Waals surface area contributed by atoms with Gasteiger partial charge in [0.1, 0.15) is 0 Å². The summed E-state index contributed by atoms with van der Waals surface area (Å²) in [6, 6.07) is 4.57. The molecule has 0 aromatic heterocycles. The standard InChI is InChI=1S/C16H23ClN2S/c1-10-4-6-13(7-5-10)18-16(20)19-15-12(3)8-11(2)9-14(15)17/h8-10,13H,4-7H2,1-3H3,(H2,18,19,20). The van der Waals surface area contributed by atoms with Crippen molar-refractivity contribution in [3.63, 3.8) is 0 Å². The van der Waals surface area contributed by atoms with Crippen LogP contribution in [0.5, 0.6) is 0 Å². The predicted molar refractivity (Wildman–Crippen MR) is 91.7 cm³/mol. The van der Waals surface area contributed by atoms with Crippen molar-refractivity contribution >= 4 is 34.6 Å². The molecule has 0 saturated heterocycles. The molecule has 1 fully saturated rings. The first kappa shape index (κ1) is 15.6. The Labute approximate surface area is 132 Å². The molecule has 0 atom stereocenters. The van der Waals surface area contributed by atoms with Crippen molar-refractivity contribution in [2.24, 2.45) is 5.92 Å². The largest absolute Gasteiger partial charge is 0.360 e. The van der Waals surface area contributed by atoms with Gasteiger partial charge in [0, 0.05) is 6.04 Å². The smallest absolute Gasteiger partial charge is 0.171 e. The maximum atomic E-state index is 6.29. The molecule has 110 valence electrons. The van der Waals surface area contributed by atoms with Crippen molar-refractivity contribution in [2.45, 2.75) is 52.5 Å². The van der Waals surface area contributed by atoms with E-state index in [1.165, 1.54) is 25.7 Å². The van der Waals surface area contributed by atoms with Crippen molar-refractivity contribution in [1.29, 1.82) is 0 Å². The molecular formula is C16H23ClN2S. The van der Waals surface area contributed by atoms with Crippen molar-refractivity contribution in [1.82, 2.24) is 5.32 Å². The number of hydrogen-bond donors (Lipinski definition) is 2. The number of hydrogen-bond acceptors (Lipinski definition) is 1. The average molecular weight is 311 g/mol. The molecule has 2 nitrogen and oxygen atoms in total. The molecule has 1 saturated carbocycles. The fourth-order valence-corrected chi connectivity index (χ4v) is 3.45. The molecule has 0 heterocycles. The summed E-state index contributed by atoms with van der Waals surface area (Å²) in [4.78, 5) is 0. The van der Waals surface area contributed by atoms with Crippen LogP contribution in [-0.2, 0) is 0 Å². The van der Waals surface area contributed by atoms with Gasteiger partial charge in [0.25, 0.3) is 0 Å². The molecule has 1 aliphatic carbocycles. The van der Waals surface area contributed by atoms with Gasteiger partial charge in [-0.2, -0.15) is 0 Å². The summed E-state index contributed by atoms with van der Waals surface area (Å²) < 4.78 is 0. The van der Waals surface area contributed by atoms with Gasteiger partial charge in [0.15, 0.2) is 5.11 Å². The average Bonchev–Trinajstić information content (AvgIpc) is 2.36. The summed E-state index contributed by atoms with van der Waals surface area (Å²) >= 11 is 11.7. The molecule has 0 spiro atoms. The molecule has 0 radical (unpaired) electrons. The van der Waals surface area contributed by atoms with Gasteiger partial charge in [-0.3, -0.25) is 0 Å². The Bertz CT molecular complexity index is 470. The minimum Gasteiger partial charge on any atom is -0.360 e. The van der Waals surface area contributed by atoms with Crippen molar-refractivity contribution in [3.8, 4) is 0 Å². The van der Waals surface area contributed by atoms with Gasteiger partial charge in [-0.15, -0.1) is 0 Å². The minimum atomic E-state index is 0.496. The van der Waals surface area contributed by atoms with Gasteiger partial charge in [0.05, 0.1) is 10.7 Å². The zero-order valence-electron chi connectivity index (χ0n) is 12.4. The second kappa shape index (κ2) is 6.77. The summed E-state index contributed by atoms with van der Waals surface area (Å²) in [5.41, 5.74) is 3.20. The molecule has 2 rings (SSSR count). The van der Waals surface area contributed by atoms with Gasteiger partial charge >= 0.3 is 0 Å². The number of halogens is 1. The van der Waals surface area contributed by atoms with Crippen LogP contribution in [0.3, 0.4) is 0 Å². The summed E-state index contributed by atoms with van der Waals surface area (Å²) in [6.45, 7) is 6.41. The maximum absolute atomic E-state index is 6.29. The second-order valence-electron chi connectivity index (χ2n) is 5.99. The fourth-order valence-electron chi connectivity index (χ4n) is 2.81. The molecule has 0 amide bonds. The van der Waals surface area contributed by atoms with Crippen LogP contribution in [-0.4, -0.2) is 11.2 Å². The van der Waals surface area contributed by atoms with Crippen LogP contribution in [0.4, 0.5) is 5.69 Å². The highest BCUT2D eigenvalue weighted by Gasteiger charge is 2.19. The number of anilines is 1. The first-order valence-electron chi connectivity index (χ1n) is 7.30. The van der Waals surface area contributed by atoms with E-state index in [1.807, 2.05) is 19.9 Å². The van der Waals surface area contributed by atoms with E-state index in [9.17, 15) is 0 Å². The van der Waals surface area contributed by atoms with E-state index >= 15 is 0 Å². The summed E-state index contributed by atoms with van der Waals surface area (Å²) in [7, 11) is 0. The molecule has 2 N–H and O–H groups in total. The van der Waals surface area contributed by atoms with E-state index in [4.69, 9.17) is 23.8 Å². The first-order valence-corrected chi connectivity index (χ1v) is 8.08. The zero-order valence-corrected chi connectivity index (χ0v) is 14.0. The van der Waals surface area contributed by atoms with E-state index in [1.54, 1.807) is 0 Å². The van der Waals surface area contributed by atoms with Crippen LogP contribution in [0.15, 0.2) is 12.1 Å². The van der Waals surface area contributed by atoms with E-state index < -0.39 is 0 Å². The normalized spacial score (nSPS) is 22.4. The molecule has 20 heavy (non-hydrogen) atoms. The van der Waals surface area contributed by atoms with Gasteiger partial charge in [-0.05, 0) is 74.9 Å². The highest BCUT2D eigenvalue weighted by Crippen LogP contribution is 2.28. The number of aryl methyl sites for hydroxylation is 2. The van der Waals surface area contributed by atoms with Gasteiger partial charge < -0.3 is 10.6 Å². The highest BCUT2D eigenvalue weighted by atomic mass is 35.5. The fraction of sp³-hybridized carbons (Fsp3) is 0.562. The van der Waals surface area contributed by atoms with Gasteiger partial charge in [-0.1, -0.05) is 24.6 Å². The van der Waals surface area contributed by atoms with Crippen LogP contribution >= 0.6 is 23.8 Å². The monoisotopic (exact) mass is 310 g/mol. The van der Waals surface area contributed by atoms with E-state index in [2.05, 4.69) is 23.6 Å². The third-order valence-electron chi connectivity index (χ3n) is 4.02. The summed E-state index contributed by atoms with van der Waals surface area (Å²) in [6.07, 6.45) is 4.96. The second-order valence-corrected chi connectivity index (χ2v) is 6.81. The molecule has 0 aliphatic heterocycles. The Hall–Kier alpha value is -0.800. The Morgan fingerprint density at radius 1 is 1.20 bits per heavy atom. The van der Waals surface area contributed by atoms with E-state index in [0.717, 1.165) is 27.8 Å². The first-order chi connectivity index (χ1) is 9.45. The van der Waals surface area contributed by atoms with Gasteiger partial charge in [-0.25, -0.2) is 0 Å². The Kier molecular flexibility index (Phi) is 5.28. The SMILES string of the molecule is Cc1cc(C)c(NC(=S)NC2CCC(C)CC2)c(Cl)c1. The van der Waals surface area contributed by atoms with Crippen molar-refractivity contribution < 1.29 is 0 Å². The summed E-state index contributed by atoms with van der Waals surface area (Å²) in [5.74, 6) is 0.850. The Morgan fingerprint density at radius 2 is 1.85 bits per heavy atom. The zero-order chi connectivity index (χ0) is 14.7. The molecular weight excluding hydrogens is 288 g/mol. The van der Waals surface area contributed by atoms with Crippen LogP contribution in [0.25, 0.3) is 0 Å². The number of rotatable bonds is 2. The minimum absolute atomic E-state index is 0.496. The van der Waals surface area contributed by atoms with Crippen molar-refractivity contribution in [2.75, 3.05) is 5.32 Å². The quantitative estimate of drug-likeness (QED) is 0.766. The lowest BCUT2D eigenvalue weighted by molar-refractivity contribution is 0.332. The Morgan fingerprint density at radius 3 is 2.45 bits per heavy atom.